The van der Waals surface area contributed by atoms with Crippen molar-refractivity contribution in [1.29, 1.82) is 0 Å². The van der Waals surface area contributed by atoms with Crippen LogP contribution in [0.3, 0.4) is 0 Å². The molecule has 0 bridgehead atoms. The number of benzene rings is 1. The van der Waals surface area contributed by atoms with Crippen molar-refractivity contribution in [3.05, 3.63) is 59.5 Å². The smallest absolute Gasteiger partial charge is 0.254 e. The largest absolute Gasteiger partial charge is 0.363 e. The van der Waals surface area contributed by atoms with Crippen LogP contribution in [-0.4, -0.2) is 43.0 Å². The average Bonchev–Trinajstić information content (AvgIpc) is 2.62. The van der Waals surface area contributed by atoms with Crippen LogP contribution in [0.15, 0.2) is 42.6 Å². The first kappa shape index (κ1) is 16.4. The number of carbonyl (C=O) groups is 1. The predicted octanol–water partition coefficient (Wildman–Crippen LogP) is 3.31. The molecule has 0 radical (unpaired) electrons. The van der Waals surface area contributed by atoms with Gasteiger partial charge in [0.05, 0.1) is 0 Å². The average molecular weight is 327 g/mol. The first-order valence-corrected chi connectivity index (χ1v) is 8.22. The number of nitrogens with zero attached hydrogens (tertiary/aromatic N) is 3. The molecule has 0 N–H and O–H groups in total. The molecule has 0 saturated carbocycles. The maximum atomic E-state index is 13.1. The van der Waals surface area contributed by atoms with Gasteiger partial charge in [-0.25, -0.2) is 9.37 Å². The van der Waals surface area contributed by atoms with Gasteiger partial charge in [0, 0.05) is 44.9 Å². The number of halogens is 1. The zero-order valence-corrected chi connectivity index (χ0v) is 14.1. The Morgan fingerprint density at radius 1 is 1.25 bits per heavy atom. The Bertz CT molecular complexity index is 715. The molecule has 3 rings (SSSR count). The van der Waals surface area contributed by atoms with E-state index in [-0.39, 0.29) is 17.6 Å². The number of likely N-dealkylation sites (tertiary alicyclic amines) is 1. The van der Waals surface area contributed by atoms with E-state index in [1.165, 1.54) is 12.1 Å². The van der Waals surface area contributed by atoms with Crippen molar-refractivity contribution in [1.82, 2.24) is 9.88 Å². The van der Waals surface area contributed by atoms with Crippen LogP contribution in [0.2, 0.25) is 0 Å². The van der Waals surface area contributed by atoms with Crippen molar-refractivity contribution < 1.29 is 9.18 Å². The number of piperidine rings is 1. The monoisotopic (exact) mass is 327 g/mol. The first-order chi connectivity index (χ1) is 11.5. The summed E-state index contributed by atoms with van der Waals surface area (Å²) in [6.07, 6.45) is 3.65. The van der Waals surface area contributed by atoms with E-state index >= 15 is 0 Å². The third-order valence-electron chi connectivity index (χ3n) is 4.50. The second kappa shape index (κ2) is 6.99. The zero-order valence-electron chi connectivity index (χ0n) is 14.1. The summed E-state index contributed by atoms with van der Waals surface area (Å²) in [4.78, 5) is 20.9. The Kier molecular flexibility index (Phi) is 4.79. The quantitative estimate of drug-likeness (QED) is 0.868. The standard InChI is InChI=1S/C19H22FN3O/c1-22(2)18-12-15(9-10-21-18)19(24)23-11-3-4-16(13-23)14-5-7-17(20)8-6-14/h5-10,12,16H,3-4,11,13H2,1-2H3/t16-/m1/s1. The van der Waals surface area contributed by atoms with Gasteiger partial charge in [-0.05, 0) is 42.7 Å². The summed E-state index contributed by atoms with van der Waals surface area (Å²) in [5, 5.41) is 0. The number of aromatic nitrogens is 1. The Morgan fingerprint density at radius 2 is 2.00 bits per heavy atom. The van der Waals surface area contributed by atoms with E-state index in [9.17, 15) is 9.18 Å². The molecule has 1 aromatic carbocycles. The second-order valence-electron chi connectivity index (χ2n) is 6.44. The van der Waals surface area contributed by atoms with Gasteiger partial charge in [0.25, 0.3) is 5.91 Å². The van der Waals surface area contributed by atoms with Gasteiger partial charge in [-0.3, -0.25) is 4.79 Å². The molecular weight excluding hydrogens is 305 g/mol. The van der Waals surface area contributed by atoms with Crippen LogP contribution in [0, 0.1) is 5.82 Å². The summed E-state index contributed by atoms with van der Waals surface area (Å²) in [7, 11) is 3.81. The summed E-state index contributed by atoms with van der Waals surface area (Å²) in [6.45, 7) is 1.43. The molecule has 0 spiro atoms. The number of hydrogen-bond donors (Lipinski definition) is 0. The van der Waals surface area contributed by atoms with Crippen LogP contribution in [-0.2, 0) is 0 Å². The summed E-state index contributed by atoms with van der Waals surface area (Å²) in [5.41, 5.74) is 1.76. The van der Waals surface area contributed by atoms with Crippen LogP contribution >= 0.6 is 0 Å². The van der Waals surface area contributed by atoms with Gasteiger partial charge in [-0.15, -0.1) is 0 Å². The molecule has 1 aliphatic heterocycles. The predicted molar refractivity (Wildman–Crippen MR) is 92.8 cm³/mol. The van der Waals surface area contributed by atoms with Gasteiger partial charge in [0.15, 0.2) is 0 Å². The first-order valence-electron chi connectivity index (χ1n) is 8.22. The van der Waals surface area contributed by atoms with Gasteiger partial charge < -0.3 is 9.80 Å². The van der Waals surface area contributed by atoms with E-state index in [0.29, 0.717) is 12.1 Å². The minimum Gasteiger partial charge on any atom is -0.363 e. The van der Waals surface area contributed by atoms with Crippen LogP contribution in [0.4, 0.5) is 10.2 Å². The fourth-order valence-electron chi connectivity index (χ4n) is 3.15. The molecule has 2 aromatic rings. The molecule has 0 aliphatic carbocycles. The van der Waals surface area contributed by atoms with Crippen LogP contribution in [0.25, 0.3) is 0 Å². The van der Waals surface area contributed by atoms with Gasteiger partial charge in [0.2, 0.25) is 0 Å². The lowest BCUT2D eigenvalue weighted by molar-refractivity contribution is 0.0707. The van der Waals surface area contributed by atoms with Crippen molar-refractivity contribution in [2.75, 3.05) is 32.1 Å². The van der Waals surface area contributed by atoms with E-state index in [1.54, 1.807) is 12.3 Å². The molecule has 24 heavy (non-hydrogen) atoms. The van der Waals surface area contributed by atoms with E-state index < -0.39 is 0 Å². The number of carbonyl (C=O) groups excluding carboxylic acids is 1. The van der Waals surface area contributed by atoms with Crippen molar-refractivity contribution in [3.8, 4) is 0 Å². The molecule has 126 valence electrons. The summed E-state index contributed by atoms with van der Waals surface area (Å²) < 4.78 is 13.1. The Labute approximate surface area is 141 Å². The summed E-state index contributed by atoms with van der Waals surface area (Å²) >= 11 is 0. The van der Waals surface area contributed by atoms with Gasteiger partial charge >= 0.3 is 0 Å². The molecule has 0 unspecified atom stereocenters. The molecule has 1 amide bonds. The number of pyridine rings is 1. The Morgan fingerprint density at radius 3 is 2.71 bits per heavy atom. The maximum Gasteiger partial charge on any atom is 0.254 e. The maximum absolute atomic E-state index is 13.1. The SMILES string of the molecule is CN(C)c1cc(C(=O)N2CCC[C@@H](c3ccc(F)cc3)C2)ccn1. The lowest BCUT2D eigenvalue weighted by atomic mass is 9.90. The molecule has 4 nitrogen and oxygen atoms in total. The van der Waals surface area contributed by atoms with E-state index in [1.807, 2.05) is 42.1 Å². The molecule has 1 aromatic heterocycles. The topological polar surface area (TPSA) is 36.4 Å². The molecule has 1 saturated heterocycles. The normalized spacial score (nSPS) is 17.6. The highest BCUT2D eigenvalue weighted by Crippen LogP contribution is 2.28. The molecular formula is C19H22FN3O. The minimum absolute atomic E-state index is 0.0345. The fraction of sp³-hybridized carbons (Fsp3) is 0.368. The second-order valence-corrected chi connectivity index (χ2v) is 6.44. The lowest BCUT2D eigenvalue weighted by Crippen LogP contribution is -2.39. The Balaban J connectivity index is 1.75. The van der Waals surface area contributed by atoms with Crippen LogP contribution in [0.1, 0.15) is 34.7 Å². The van der Waals surface area contributed by atoms with Crippen molar-refractivity contribution in [2.45, 2.75) is 18.8 Å². The van der Waals surface area contributed by atoms with E-state index in [0.717, 1.165) is 30.8 Å². The van der Waals surface area contributed by atoms with Crippen LogP contribution < -0.4 is 4.90 Å². The van der Waals surface area contributed by atoms with Gasteiger partial charge in [0.1, 0.15) is 11.6 Å². The summed E-state index contributed by atoms with van der Waals surface area (Å²) in [6, 6.07) is 10.2. The molecule has 1 aliphatic rings. The van der Waals surface area contributed by atoms with Crippen LogP contribution in [0.5, 0.6) is 0 Å². The van der Waals surface area contributed by atoms with Crippen molar-refractivity contribution >= 4 is 11.7 Å². The molecule has 5 heteroatoms. The minimum atomic E-state index is -0.226. The highest BCUT2D eigenvalue weighted by Gasteiger charge is 2.25. The van der Waals surface area contributed by atoms with E-state index in [2.05, 4.69) is 4.98 Å². The third-order valence-corrected chi connectivity index (χ3v) is 4.50. The molecule has 1 fully saturated rings. The zero-order chi connectivity index (χ0) is 17.1. The van der Waals surface area contributed by atoms with Crippen molar-refractivity contribution in [3.63, 3.8) is 0 Å². The summed E-state index contributed by atoms with van der Waals surface area (Å²) in [5.74, 6) is 0.842. The highest BCUT2D eigenvalue weighted by molar-refractivity contribution is 5.95. The third kappa shape index (κ3) is 3.55. The van der Waals surface area contributed by atoms with Gasteiger partial charge in [-0.1, -0.05) is 12.1 Å². The van der Waals surface area contributed by atoms with Crippen molar-refractivity contribution in [2.24, 2.45) is 0 Å². The Hall–Kier alpha value is -2.43. The number of amides is 1. The van der Waals surface area contributed by atoms with Gasteiger partial charge in [-0.2, -0.15) is 0 Å². The number of rotatable bonds is 3. The van der Waals surface area contributed by atoms with E-state index in [4.69, 9.17) is 0 Å². The highest BCUT2D eigenvalue weighted by atomic mass is 19.1. The molecule has 1 atom stereocenters. The number of anilines is 1. The number of hydrogen-bond acceptors (Lipinski definition) is 3. The molecule has 2 heterocycles. The lowest BCUT2D eigenvalue weighted by Gasteiger charge is -2.33. The fourth-order valence-corrected chi connectivity index (χ4v) is 3.15.